The first-order valence-corrected chi connectivity index (χ1v) is 9.73. The van der Waals surface area contributed by atoms with Crippen molar-refractivity contribution < 1.29 is 22.3 Å². The molecule has 1 aromatic heterocycles. The summed E-state index contributed by atoms with van der Waals surface area (Å²) in [6, 6.07) is 0.857. The van der Waals surface area contributed by atoms with Gasteiger partial charge in [-0.1, -0.05) is 0 Å². The molecule has 1 unspecified atom stereocenters. The summed E-state index contributed by atoms with van der Waals surface area (Å²) in [7, 11) is 1.70. The average molecular weight is 428 g/mol. The van der Waals surface area contributed by atoms with Crippen molar-refractivity contribution >= 4 is 17.4 Å². The predicted octanol–water partition coefficient (Wildman–Crippen LogP) is 2.03. The minimum absolute atomic E-state index is 0.0208. The molecule has 7 nitrogen and oxygen atoms in total. The molecule has 0 bridgehead atoms. The van der Waals surface area contributed by atoms with Gasteiger partial charge in [0, 0.05) is 37.5 Å². The third kappa shape index (κ3) is 3.83. The summed E-state index contributed by atoms with van der Waals surface area (Å²) in [4.78, 5) is 14.1. The van der Waals surface area contributed by atoms with Crippen LogP contribution in [0.4, 0.5) is 23.4 Å². The number of anilines is 1. The van der Waals surface area contributed by atoms with E-state index >= 15 is 0 Å². The van der Waals surface area contributed by atoms with E-state index in [4.69, 9.17) is 15.5 Å². The number of alkyl halides is 4. The molecule has 30 heavy (non-hydrogen) atoms. The number of ether oxygens (including phenoxy) is 1. The summed E-state index contributed by atoms with van der Waals surface area (Å²) in [5, 5.41) is 0. The molecule has 0 radical (unpaired) electrons. The number of hydrogen-bond donors (Lipinski definition) is 1. The first kappa shape index (κ1) is 20.9. The van der Waals surface area contributed by atoms with E-state index in [9.17, 15) is 17.6 Å². The molecule has 2 fully saturated rings. The fourth-order valence-corrected chi connectivity index (χ4v) is 3.93. The normalized spacial score (nSPS) is 26.3. The Balaban J connectivity index is 1.78. The van der Waals surface area contributed by atoms with Gasteiger partial charge in [-0.15, -0.1) is 0 Å². The van der Waals surface area contributed by atoms with E-state index in [0.29, 0.717) is 31.3 Å². The molecule has 0 saturated carbocycles. The molecule has 3 aliphatic rings. The van der Waals surface area contributed by atoms with E-state index < -0.39 is 24.2 Å². The van der Waals surface area contributed by atoms with Crippen LogP contribution in [0.2, 0.25) is 0 Å². The fraction of sp³-hybridized carbons (Fsp3) is 0.579. The molecule has 2 atom stereocenters. The molecular weight excluding hydrogens is 404 g/mol. The summed E-state index contributed by atoms with van der Waals surface area (Å²) < 4.78 is 60.2. The van der Waals surface area contributed by atoms with Crippen molar-refractivity contribution in [1.82, 2.24) is 19.7 Å². The minimum atomic E-state index is -4.61. The summed E-state index contributed by atoms with van der Waals surface area (Å²) in [5.74, 6) is 0.256. The van der Waals surface area contributed by atoms with Crippen molar-refractivity contribution in [2.45, 2.75) is 31.6 Å². The number of morpholine rings is 1. The summed E-state index contributed by atoms with van der Waals surface area (Å²) in [6.07, 6.45) is -3.41. The van der Waals surface area contributed by atoms with Gasteiger partial charge in [-0.3, -0.25) is 4.90 Å². The van der Waals surface area contributed by atoms with Gasteiger partial charge in [0.25, 0.3) is 0 Å². The first-order chi connectivity index (χ1) is 14.1. The predicted molar refractivity (Wildman–Crippen MR) is 104 cm³/mol. The fourth-order valence-electron chi connectivity index (χ4n) is 3.93. The van der Waals surface area contributed by atoms with Crippen molar-refractivity contribution in [3.05, 3.63) is 29.5 Å². The van der Waals surface area contributed by atoms with Crippen molar-refractivity contribution in [2.24, 2.45) is 4.99 Å². The molecule has 0 spiro atoms. The van der Waals surface area contributed by atoms with E-state index in [0.717, 1.165) is 12.3 Å². The lowest BCUT2D eigenvalue weighted by Crippen LogP contribution is -2.58. The number of likely N-dealkylation sites (tertiary alicyclic amines) is 1. The Bertz CT molecular complexity index is 867. The molecule has 2 saturated heterocycles. The Morgan fingerprint density at radius 1 is 1.27 bits per heavy atom. The first-order valence-electron chi connectivity index (χ1n) is 9.73. The van der Waals surface area contributed by atoms with Crippen molar-refractivity contribution in [2.75, 3.05) is 45.6 Å². The molecular formula is C19H24F4N6O. The monoisotopic (exact) mass is 428 g/mol. The lowest BCUT2D eigenvalue weighted by atomic mass is 10.0. The van der Waals surface area contributed by atoms with E-state index in [1.165, 1.54) is 0 Å². The van der Waals surface area contributed by atoms with Gasteiger partial charge in [-0.25, -0.2) is 14.4 Å². The maximum absolute atomic E-state index is 13.8. The van der Waals surface area contributed by atoms with Gasteiger partial charge >= 0.3 is 6.18 Å². The number of hydrogen-bond acceptors (Lipinski definition) is 7. The van der Waals surface area contributed by atoms with Crippen LogP contribution in [0.5, 0.6) is 0 Å². The number of aliphatic imine (C=N–C) groups is 1. The van der Waals surface area contributed by atoms with Crippen LogP contribution >= 0.6 is 0 Å². The molecule has 4 rings (SSSR count). The maximum atomic E-state index is 13.8. The number of nitrogens with zero attached hydrogens (tertiary/aromatic N) is 5. The number of amidine groups is 1. The third-order valence-corrected chi connectivity index (χ3v) is 5.62. The summed E-state index contributed by atoms with van der Waals surface area (Å²) in [6.45, 7) is 3.91. The Morgan fingerprint density at radius 3 is 2.63 bits per heavy atom. The highest BCUT2D eigenvalue weighted by Gasteiger charge is 2.40. The molecule has 2 N–H and O–H groups in total. The van der Waals surface area contributed by atoms with E-state index in [2.05, 4.69) is 9.88 Å². The van der Waals surface area contributed by atoms with E-state index in [-0.39, 0.29) is 30.5 Å². The van der Waals surface area contributed by atoms with Gasteiger partial charge in [0.1, 0.15) is 17.8 Å². The smallest absolute Gasteiger partial charge is 0.384 e. The Hall–Kier alpha value is -2.40. The molecule has 11 heteroatoms. The van der Waals surface area contributed by atoms with Crippen LogP contribution in [0.25, 0.3) is 5.70 Å². The zero-order chi connectivity index (χ0) is 21.6. The molecule has 164 valence electrons. The molecule has 4 heterocycles. The minimum Gasteiger partial charge on any atom is -0.384 e. The largest absolute Gasteiger partial charge is 0.417 e. The number of pyridine rings is 1. The van der Waals surface area contributed by atoms with Crippen LogP contribution in [-0.4, -0.2) is 83.9 Å². The molecule has 0 amide bonds. The SMILES string of the molecule is C[C@H]1COCCN1C1N=C(N2CC(F)C2)C=C(c2cnc(N)cc2C(F)(F)F)N1C. The second-order valence-electron chi connectivity index (χ2n) is 7.79. The van der Waals surface area contributed by atoms with Crippen molar-refractivity contribution in [3.63, 3.8) is 0 Å². The van der Waals surface area contributed by atoms with E-state index in [1.54, 1.807) is 22.9 Å². The van der Waals surface area contributed by atoms with Gasteiger partial charge in [-0.05, 0) is 13.0 Å². The van der Waals surface area contributed by atoms with Crippen LogP contribution < -0.4 is 5.73 Å². The van der Waals surface area contributed by atoms with E-state index in [1.807, 2.05) is 6.92 Å². The van der Waals surface area contributed by atoms with Gasteiger partial charge in [0.05, 0.1) is 37.6 Å². The number of halogens is 4. The molecule has 0 aliphatic carbocycles. The molecule has 1 aromatic rings. The van der Waals surface area contributed by atoms with Crippen LogP contribution in [0, 0.1) is 0 Å². The maximum Gasteiger partial charge on any atom is 0.417 e. The van der Waals surface area contributed by atoms with Gasteiger partial charge < -0.3 is 20.3 Å². The quantitative estimate of drug-likeness (QED) is 0.727. The number of rotatable bonds is 2. The van der Waals surface area contributed by atoms with Crippen LogP contribution in [0.15, 0.2) is 23.3 Å². The highest BCUT2D eigenvalue weighted by atomic mass is 19.4. The second-order valence-corrected chi connectivity index (χ2v) is 7.79. The highest BCUT2D eigenvalue weighted by Crippen LogP contribution is 2.38. The van der Waals surface area contributed by atoms with Crippen LogP contribution in [-0.2, 0) is 10.9 Å². The van der Waals surface area contributed by atoms with Gasteiger partial charge in [0.2, 0.25) is 0 Å². The highest BCUT2D eigenvalue weighted by molar-refractivity contribution is 6.01. The van der Waals surface area contributed by atoms with Crippen molar-refractivity contribution in [3.8, 4) is 0 Å². The van der Waals surface area contributed by atoms with Gasteiger partial charge in [-0.2, -0.15) is 13.2 Å². The van der Waals surface area contributed by atoms with Crippen molar-refractivity contribution in [1.29, 1.82) is 0 Å². The Morgan fingerprint density at radius 2 is 2.00 bits per heavy atom. The summed E-state index contributed by atoms with van der Waals surface area (Å²) in [5.41, 5.74) is 4.89. The molecule has 0 aromatic carbocycles. The number of nitrogen functional groups attached to an aromatic ring is 1. The second kappa shape index (κ2) is 7.69. The van der Waals surface area contributed by atoms with Gasteiger partial charge in [0.15, 0.2) is 6.29 Å². The topological polar surface area (TPSA) is 70.2 Å². The standard InChI is InChI=1S/C19H24F4N6O/c1-11-10-30-4-3-29(11)18-26-17(28-8-12(20)9-28)6-15(27(18)2)13-7-25-16(24)5-14(13)19(21,22)23/h5-7,11-12,18H,3-4,8-10H2,1-2H3,(H2,24,25)/t11-,18?/m0/s1. The lowest BCUT2D eigenvalue weighted by Gasteiger charge is -2.46. The van der Waals surface area contributed by atoms with Crippen LogP contribution in [0.1, 0.15) is 18.1 Å². The molecule has 3 aliphatic heterocycles. The average Bonchev–Trinajstić information content (AvgIpc) is 2.66. The number of nitrogens with two attached hydrogens (primary N) is 1. The third-order valence-electron chi connectivity index (χ3n) is 5.62. The summed E-state index contributed by atoms with van der Waals surface area (Å²) >= 11 is 0. The van der Waals surface area contributed by atoms with Crippen LogP contribution in [0.3, 0.4) is 0 Å². The lowest BCUT2D eigenvalue weighted by molar-refractivity contribution is -0.137. The zero-order valence-electron chi connectivity index (χ0n) is 16.7. The number of aromatic nitrogens is 1. The Kier molecular flexibility index (Phi) is 5.35. The zero-order valence-corrected chi connectivity index (χ0v) is 16.7. The Labute approximate surface area is 171 Å².